The van der Waals surface area contributed by atoms with Crippen molar-refractivity contribution >= 4 is 29.1 Å². The van der Waals surface area contributed by atoms with Crippen LogP contribution in [0.25, 0.3) is 0 Å². The number of methoxy groups -OCH3 is 1. The molecule has 0 aliphatic heterocycles. The number of hydrogen-bond acceptors (Lipinski definition) is 4. The number of benzene rings is 1. The monoisotopic (exact) mass is 262 g/mol. The second-order valence-electron chi connectivity index (χ2n) is 3.52. The zero-order valence-electron chi connectivity index (χ0n) is 9.68. The number of rotatable bonds is 3. The van der Waals surface area contributed by atoms with Crippen LogP contribution in [0.3, 0.4) is 0 Å². The van der Waals surface area contributed by atoms with Gasteiger partial charge in [0.2, 0.25) is 0 Å². The van der Waals surface area contributed by atoms with Crippen LogP contribution >= 0.6 is 11.6 Å². The lowest BCUT2D eigenvalue weighted by Gasteiger charge is -2.10. The molecule has 4 nitrogen and oxygen atoms in total. The minimum atomic E-state index is -0.426. The maximum atomic E-state index is 11.6. The largest absolute Gasteiger partial charge is 0.465 e. The van der Waals surface area contributed by atoms with Crippen molar-refractivity contribution in [2.45, 2.75) is 0 Å². The molecule has 1 heterocycles. The summed E-state index contributed by atoms with van der Waals surface area (Å²) in [6.45, 7) is 0. The molecule has 0 amide bonds. The molecule has 1 N–H and O–H groups in total. The fraction of sp³-hybridized carbons (Fsp3) is 0.0769. The highest BCUT2D eigenvalue weighted by molar-refractivity contribution is 6.31. The van der Waals surface area contributed by atoms with Gasteiger partial charge in [-0.05, 0) is 30.3 Å². The Labute approximate surface area is 110 Å². The number of nitrogens with zero attached hydrogens (tertiary/aromatic N) is 1. The van der Waals surface area contributed by atoms with Gasteiger partial charge >= 0.3 is 5.97 Å². The SMILES string of the molecule is COC(=O)c1ccc(Cl)cc1Nc1ccccn1. The van der Waals surface area contributed by atoms with E-state index in [0.717, 1.165) is 0 Å². The molecular weight excluding hydrogens is 252 g/mol. The van der Waals surface area contributed by atoms with Crippen LogP contribution in [-0.4, -0.2) is 18.1 Å². The lowest BCUT2D eigenvalue weighted by molar-refractivity contribution is 0.0602. The summed E-state index contributed by atoms with van der Waals surface area (Å²) in [6, 6.07) is 10.4. The molecule has 0 bridgehead atoms. The standard InChI is InChI=1S/C13H11ClN2O2/c1-18-13(17)10-6-5-9(14)8-11(10)16-12-4-2-3-7-15-12/h2-8H,1H3,(H,15,16). The number of carbonyl (C=O) groups is 1. The quantitative estimate of drug-likeness (QED) is 0.863. The third-order valence-corrected chi connectivity index (χ3v) is 2.55. The first-order valence-corrected chi connectivity index (χ1v) is 5.64. The Bertz CT molecular complexity index is 558. The number of nitrogens with one attached hydrogen (secondary N) is 1. The molecule has 1 aromatic carbocycles. The minimum Gasteiger partial charge on any atom is -0.465 e. The molecule has 0 atom stereocenters. The van der Waals surface area contributed by atoms with Gasteiger partial charge in [-0.2, -0.15) is 0 Å². The number of carbonyl (C=O) groups excluding carboxylic acids is 1. The summed E-state index contributed by atoms with van der Waals surface area (Å²) in [6.07, 6.45) is 1.66. The molecule has 0 unspecified atom stereocenters. The van der Waals surface area contributed by atoms with Gasteiger partial charge in [0, 0.05) is 11.2 Å². The van der Waals surface area contributed by atoms with Crippen molar-refractivity contribution in [1.29, 1.82) is 0 Å². The zero-order chi connectivity index (χ0) is 13.0. The molecule has 2 aromatic rings. The van der Waals surface area contributed by atoms with Gasteiger partial charge in [0.25, 0.3) is 0 Å². The van der Waals surface area contributed by atoms with Crippen molar-refractivity contribution < 1.29 is 9.53 Å². The van der Waals surface area contributed by atoms with Gasteiger partial charge in [0.05, 0.1) is 18.4 Å². The Morgan fingerprint density at radius 1 is 1.33 bits per heavy atom. The summed E-state index contributed by atoms with van der Waals surface area (Å²) < 4.78 is 4.71. The number of hydrogen-bond donors (Lipinski definition) is 1. The Balaban J connectivity index is 2.36. The first-order chi connectivity index (χ1) is 8.70. The van der Waals surface area contributed by atoms with Crippen LogP contribution in [0.15, 0.2) is 42.6 Å². The fourth-order valence-corrected chi connectivity index (χ4v) is 1.65. The molecule has 0 aliphatic rings. The van der Waals surface area contributed by atoms with Crippen LogP contribution < -0.4 is 5.32 Å². The van der Waals surface area contributed by atoms with Crippen molar-refractivity contribution in [3.8, 4) is 0 Å². The number of pyridine rings is 1. The normalized spacial score (nSPS) is 9.89. The molecule has 0 aliphatic carbocycles. The van der Waals surface area contributed by atoms with Gasteiger partial charge in [0.1, 0.15) is 5.82 Å². The third-order valence-electron chi connectivity index (χ3n) is 2.31. The van der Waals surface area contributed by atoms with E-state index >= 15 is 0 Å². The molecule has 0 saturated heterocycles. The van der Waals surface area contributed by atoms with Crippen LogP contribution in [-0.2, 0) is 4.74 Å². The Morgan fingerprint density at radius 2 is 2.17 bits per heavy atom. The molecule has 5 heteroatoms. The fourth-order valence-electron chi connectivity index (χ4n) is 1.48. The predicted octanol–water partition coefficient (Wildman–Crippen LogP) is 3.27. The highest BCUT2D eigenvalue weighted by Crippen LogP contribution is 2.24. The molecule has 92 valence electrons. The second-order valence-corrected chi connectivity index (χ2v) is 3.96. The van der Waals surface area contributed by atoms with Crippen molar-refractivity contribution in [2.24, 2.45) is 0 Å². The molecule has 1 aromatic heterocycles. The van der Waals surface area contributed by atoms with E-state index in [1.165, 1.54) is 7.11 Å². The van der Waals surface area contributed by atoms with Gasteiger partial charge in [-0.1, -0.05) is 17.7 Å². The number of esters is 1. The molecule has 0 spiro atoms. The van der Waals surface area contributed by atoms with Crippen LogP contribution in [0.4, 0.5) is 11.5 Å². The number of ether oxygens (including phenoxy) is 1. The highest BCUT2D eigenvalue weighted by Gasteiger charge is 2.12. The summed E-state index contributed by atoms with van der Waals surface area (Å²) in [5, 5.41) is 3.56. The van der Waals surface area contributed by atoms with Gasteiger partial charge in [-0.25, -0.2) is 9.78 Å². The smallest absolute Gasteiger partial charge is 0.339 e. The molecule has 0 radical (unpaired) electrons. The predicted molar refractivity (Wildman–Crippen MR) is 70.3 cm³/mol. The lowest BCUT2D eigenvalue weighted by Crippen LogP contribution is -2.06. The highest BCUT2D eigenvalue weighted by atomic mass is 35.5. The van der Waals surface area contributed by atoms with Gasteiger partial charge in [-0.3, -0.25) is 0 Å². The lowest BCUT2D eigenvalue weighted by atomic mass is 10.2. The maximum absolute atomic E-state index is 11.6. The summed E-state index contributed by atoms with van der Waals surface area (Å²) in [5.41, 5.74) is 0.973. The Hall–Kier alpha value is -2.07. The molecular formula is C13H11ClN2O2. The van der Waals surface area contributed by atoms with Crippen molar-refractivity contribution in [2.75, 3.05) is 12.4 Å². The average molecular weight is 263 g/mol. The average Bonchev–Trinajstić information content (AvgIpc) is 2.39. The molecule has 18 heavy (non-hydrogen) atoms. The Morgan fingerprint density at radius 3 is 2.83 bits per heavy atom. The van der Waals surface area contributed by atoms with Gasteiger partial charge < -0.3 is 10.1 Å². The van der Waals surface area contributed by atoms with Crippen molar-refractivity contribution in [3.63, 3.8) is 0 Å². The topological polar surface area (TPSA) is 51.2 Å². The van der Waals surface area contributed by atoms with E-state index in [4.69, 9.17) is 16.3 Å². The van der Waals surface area contributed by atoms with E-state index in [9.17, 15) is 4.79 Å². The van der Waals surface area contributed by atoms with Crippen LogP contribution in [0.2, 0.25) is 5.02 Å². The van der Waals surface area contributed by atoms with Crippen LogP contribution in [0.5, 0.6) is 0 Å². The van der Waals surface area contributed by atoms with Crippen molar-refractivity contribution in [3.05, 3.63) is 53.2 Å². The molecule has 0 saturated carbocycles. The third kappa shape index (κ3) is 2.78. The van der Waals surface area contributed by atoms with Gasteiger partial charge in [-0.15, -0.1) is 0 Å². The molecule has 0 fully saturated rings. The van der Waals surface area contributed by atoms with Crippen molar-refractivity contribution in [1.82, 2.24) is 4.98 Å². The summed E-state index contributed by atoms with van der Waals surface area (Å²) in [7, 11) is 1.33. The number of aromatic nitrogens is 1. The van der Waals surface area contributed by atoms with E-state index in [0.29, 0.717) is 22.1 Å². The van der Waals surface area contributed by atoms with Crippen LogP contribution in [0, 0.1) is 0 Å². The molecule has 2 rings (SSSR count). The second kappa shape index (κ2) is 5.51. The minimum absolute atomic E-state index is 0.410. The Kier molecular flexibility index (Phi) is 3.79. The first-order valence-electron chi connectivity index (χ1n) is 5.26. The van der Waals surface area contributed by atoms with Gasteiger partial charge in [0.15, 0.2) is 0 Å². The number of halogens is 1. The van der Waals surface area contributed by atoms with E-state index in [-0.39, 0.29) is 0 Å². The number of anilines is 2. The zero-order valence-corrected chi connectivity index (χ0v) is 10.4. The van der Waals surface area contributed by atoms with E-state index < -0.39 is 5.97 Å². The first kappa shape index (κ1) is 12.4. The summed E-state index contributed by atoms with van der Waals surface area (Å²) in [4.78, 5) is 15.7. The van der Waals surface area contributed by atoms with Crippen LogP contribution in [0.1, 0.15) is 10.4 Å². The maximum Gasteiger partial charge on any atom is 0.339 e. The van der Waals surface area contributed by atoms with E-state index in [1.54, 1.807) is 30.5 Å². The summed E-state index contributed by atoms with van der Waals surface area (Å²) in [5.74, 6) is 0.204. The van der Waals surface area contributed by atoms with E-state index in [2.05, 4.69) is 10.3 Å². The summed E-state index contributed by atoms with van der Waals surface area (Å²) >= 11 is 5.92. The van der Waals surface area contributed by atoms with E-state index in [1.807, 2.05) is 12.1 Å².